The highest BCUT2D eigenvalue weighted by Crippen LogP contribution is 2.18. The number of nitrogens with zero attached hydrogens (tertiary/aromatic N) is 3. The average Bonchev–Trinajstić information content (AvgIpc) is 2.82. The Bertz CT molecular complexity index is 428. The molecule has 0 aliphatic carbocycles. The first-order valence-corrected chi connectivity index (χ1v) is 6.29. The van der Waals surface area contributed by atoms with Crippen LogP contribution in [0.3, 0.4) is 0 Å². The van der Waals surface area contributed by atoms with Crippen molar-refractivity contribution in [2.24, 2.45) is 0 Å². The smallest absolute Gasteiger partial charge is 0.256 e. The van der Waals surface area contributed by atoms with E-state index in [0.717, 1.165) is 18.7 Å². The maximum Gasteiger partial charge on any atom is 0.256 e. The summed E-state index contributed by atoms with van der Waals surface area (Å²) in [5.41, 5.74) is 1.36. The molecule has 2 rings (SSSR count). The van der Waals surface area contributed by atoms with Gasteiger partial charge < -0.3 is 9.64 Å². The molecule has 98 valence electrons. The van der Waals surface area contributed by atoms with Crippen LogP contribution in [0.2, 0.25) is 0 Å². The molecule has 1 aliphatic heterocycles. The molecule has 0 N–H and O–H groups in total. The molecule has 2 heterocycles. The Labute approximate surface area is 107 Å². The van der Waals surface area contributed by atoms with Gasteiger partial charge in [0.15, 0.2) is 0 Å². The predicted molar refractivity (Wildman–Crippen MR) is 67.3 cm³/mol. The molecule has 0 spiro atoms. The fraction of sp³-hybridized carbons (Fsp3) is 0.615. The summed E-state index contributed by atoms with van der Waals surface area (Å²) >= 11 is 0. The molecule has 18 heavy (non-hydrogen) atoms. The van der Waals surface area contributed by atoms with Crippen LogP contribution < -0.4 is 0 Å². The van der Waals surface area contributed by atoms with Crippen molar-refractivity contribution in [2.45, 2.75) is 39.3 Å². The molecule has 1 unspecified atom stereocenters. The van der Waals surface area contributed by atoms with Gasteiger partial charge in [0.05, 0.1) is 30.1 Å². The summed E-state index contributed by atoms with van der Waals surface area (Å²) in [4.78, 5) is 14.4. The molecule has 5 heteroatoms. The maximum absolute atomic E-state index is 12.5. The molecular weight excluding hydrogens is 230 g/mol. The van der Waals surface area contributed by atoms with Gasteiger partial charge in [-0.05, 0) is 33.3 Å². The number of aryl methyl sites for hydroxylation is 1. The predicted octanol–water partition coefficient (Wildman–Crippen LogP) is 1.42. The van der Waals surface area contributed by atoms with Gasteiger partial charge in [0.1, 0.15) is 0 Å². The third kappa shape index (κ3) is 2.67. The van der Waals surface area contributed by atoms with Gasteiger partial charge in [-0.3, -0.25) is 4.79 Å². The minimum atomic E-state index is 0.0125. The maximum atomic E-state index is 12.5. The lowest BCUT2D eigenvalue weighted by molar-refractivity contribution is 0.0580. The molecule has 1 amide bonds. The van der Waals surface area contributed by atoms with Crippen molar-refractivity contribution < 1.29 is 9.53 Å². The highest BCUT2D eigenvalue weighted by molar-refractivity contribution is 5.94. The molecule has 0 bridgehead atoms. The first-order valence-electron chi connectivity index (χ1n) is 6.29. The van der Waals surface area contributed by atoms with Gasteiger partial charge in [0, 0.05) is 12.6 Å². The van der Waals surface area contributed by atoms with Crippen molar-refractivity contribution in [3.8, 4) is 0 Å². The van der Waals surface area contributed by atoms with Crippen molar-refractivity contribution in [3.05, 3.63) is 23.5 Å². The van der Waals surface area contributed by atoms with E-state index in [0.29, 0.717) is 12.2 Å². The Morgan fingerprint density at radius 1 is 1.56 bits per heavy atom. The molecule has 5 nitrogen and oxygen atoms in total. The first kappa shape index (κ1) is 13.0. The van der Waals surface area contributed by atoms with Crippen molar-refractivity contribution in [1.29, 1.82) is 0 Å². The summed E-state index contributed by atoms with van der Waals surface area (Å²) in [5, 5.41) is 7.72. The van der Waals surface area contributed by atoms with Crippen LogP contribution >= 0.6 is 0 Å². The molecular formula is C13H19N3O2. The van der Waals surface area contributed by atoms with Gasteiger partial charge in [-0.25, -0.2) is 0 Å². The van der Waals surface area contributed by atoms with E-state index in [-0.39, 0.29) is 18.0 Å². The lowest BCUT2D eigenvalue weighted by Gasteiger charge is -2.31. The second kappa shape index (κ2) is 5.44. The zero-order chi connectivity index (χ0) is 13.1. The molecule has 0 aromatic carbocycles. The van der Waals surface area contributed by atoms with Crippen LogP contribution in [0.15, 0.2) is 12.3 Å². The van der Waals surface area contributed by atoms with E-state index < -0.39 is 0 Å². The topological polar surface area (TPSA) is 55.3 Å². The van der Waals surface area contributed by atoms with Crippen LogP contribution in [0.25, 0.3) is 0 Å². The van der Waals surface area contributed by atoms with Crippen LogP contribution in [-0.2, 0) is 4.74 Å². The quantitative estimate of drug-likeness (QED) is 0.813. The van der Waals surface area contributed by atoms with E-state index in [1.54, 1.807) is 6.07 Å². The SMILES string of the molecule is Cc1cc(C(=O)N(C(C)C)C2CCOC2)cnn1. The van der Waals surface area contributed by atoms with E-state index in [2.05, 4.69) is 10.2 Å². The molecule has 0 saturated carbocycles. The van der Waals surface area contributed by atoms with Crippen molar-refractivity contribution in [3.63, 3.8) is 0 Å². The van der Waals surface area contributed by atoms with Gasteiger partial charge >= 0.3 is 0 Å². The van der Waals surface area contributed by atoms with E-state index in [1.165, 1.54) is 6.20 Å². The van der Waals surface area contributed by atoms with Gasteiger partial charge in [0.2, 0.25) is 0 Å². The average molecular weight is 249 g/mol. The van der Waals surface area contributed by atoms with E-state index in [4.69, 9.17) is 4.74 Å². The zero-order valence-electron chi connectivity index (χ0n) is 11.1. The molecule has 1 aromatic rings. The van der Waals surface area contributed by atoms with Gasteiger partial charge in [-0.15, -0.1) is 0 Å². The second-order valence-electron chi connectivity index (χ2n) is 4.91. The fourth-order valence-electron chi connectivity index (χ4n) is 2.30. The van der Waals surface area contributed by atoms with E-state index in [1.807, 2.05) is 25.7 Å². The molecule has 1 saturated heterocycles. The van der Waals surface area contributed by atoms with Crippen LogP contribution in [0.1, 0.15) is 36.3 Å². The van der Waals surface area contributed by atoms with Gasteiger partial charge in [-0.2, -0.15) is 10.2 Å². The van der Waals surface area contributed by atoms with Crippen LogP contribution in [0.5, 0.6) is 0 Å². The number of amides is 1. The second-order valence-corrected chi connectivity index (χ2v) is 4.91. The largest absolute Gasteiger partial charge is 0.379 e. The molecule has 1 atom stereocenters. The van der Waals surface area contributed by atoms with Crippen molar-refractivity contribution in [2.75, 3.05) is 13.2 Å². The van der Waals surface area contributed by atoms with Crippen LogP contribution in [0.4, 0.5) is 0 Å². The van der Waals surface area contributed by atoms with Crippen molar-refractivity contribution in [1.82, 2.24) is 15.1 Å². The zero-order valence-corrected chi connectivity index (χ0v) is 11.1. The number of carbonyl (C=O) groups is 1. The summed E-state index contributed by atoms with van der Waals surface area (Å²) in [6.07, 6.45) is 2.43. The monoisotopic (exact) mass is 249 g/mol. The number of rotatable bonds is 3. The number of aromatic nitrogens is 2. The minimum absolute atomic E-state index is 0.0125. The van der Waals surface area contributed by atoms with Gasteiger partial charge in [-0.1, -0.05) is 0 Å². The first-order chi connectivity index (χ1) is 8.59. The third-order valence-electron chi connectivity index (χ3n) is 3.11. The minimum Gasteiger partial charge on any atom is -0.379 e. The van der Waals surface area contributed by atoms with Gasteiger partial charge in [0.25, 0.3) is 5.91 Å². The number of hydrogen-bond donors (Lipinski definition) is 0. The number of carbonyl (C=O) groups excluding carboxylic acids is 1. The number of ether oxygens (including phenoxy) is 1. The molecule has 1 aliphatic rings. The highest BCUT2D eigenvalue weighted by Gasteiger charge is 2.30. The molecule has 0 radical (unpaired) electrons. The van der Waals surface area contributed by atoms with E-state index in [9.17, 15) is 4.79 Å². The Morgan fingerprint density at radius 2 is 2.33 bits per heavy atom. The summed E-state index contributed by atoms with van der Waals surface area (Å²) in [6.45, 7) is 7.24. The lowest BCUT2D eigenvalue weighted by Crippen LogP contribution is -2.45. The molecule has 1 fully saturated rings. The number of hydrogen-bond acceptors (Lipinski definition) is 4. The van der Waals surface area contributed by atoms with Crippen molar-refractivity contribution >= 4 is 5.91 Å². The third-order valence-corrected chi connectivity index (χ3v) is 3.11. The van der Waals surface area contributed by atoms with E-state index >= 15 is 0 Å². The summed E-state index contributed by atoms with van der Waals surface area (Å²) in [5.74, 6) is 0.0125. The standard InChI is InChI=1S/C13H19N3O2/c1-9(2)16(12-4-5-18-8-12)13(17)11-6-10(3)15-14-7-11/h6-7,9,12H,4-5,8H2,1-3H3. The van der Waals surface area contributed by atoms with Crippen LogP contribution in [-0.4, -0.2) is 46.3 Å². The molecule has 1 aromatic heterocycles. The Kier molecular flexibility index (Phi) is 3.91. The highest BCUT2D eigenvalue weighted by atomic mass is 16.5. The summed E-state index contributed by atoms with van der Waals surface area (Å²) < 4.78 is 5.38. The Hall–Kier alpha value is -1.49. The summed E-state index contributed by atoms with van der Waals surface area (Å²) in [7, 11) is 0. The Balaban J connectivity index is 2.22. The summed E-state index contributed by atoms with van der Waals surface area (Å²) in [6, 6.07) is 2.10. The lowest BCUT2D eigenvalue weighted by atomic mass is 10.1. The fourth-order valence-corrected chi connectivity index (χ4v) is 2.30. The normalized spacial score (nSPS) is 19.2. The Morgan fingerprint density at radius 3 is 2.89 bits per heavy atom. The van der Waals surface area contributed by atoms with Crippen LogP contribution in [0, 0.1) is 6.92 Å².